The zero-order valence-corrected chi connectivity index (χ0v) is 8.67. The van der Waals surface area contributed by atoms with E-state index in [0.29, 0.717) is 18.2 Å². The number of nitrogen functional groups attached to an aromatic ring is 1. The van der Waals surface area contributed by atoms with Gasteiger partial charge in [0.15, 0.2) is 0 Å². The van der Waals surface area contributed by atoms with Crippen LogP contribution in [0.1, 0.15) is 43.4 Å². The van der Waals surface area contributed by atoms with E-state index in [1.165, 1.54) is 0 Å². The van der Waals surface area contributed by atoms with Crippen LogP contribution in [0.15, 0.2) is 0 Å². The molecule has 0 bridgehead atoms. The summed E-state index contributed by atoms with van der Waals surface area (Å²) in [5.41, 5.74) is 7.87. The zero-order chi connectivity index (χ0) is 10.6. The van der Waals surface area contributed by atoms with Crippen LogP contribution in [0.2, 0.25) is 0 Å². The molecule has 1 unspecified atom stereocenters. The fraction of sp³-hybridized carbons (Fsp3) is 0.600. The van der Waals surface area contributed by atoms with Crippen molar-refractivity contribution >= 4 is 5.82 Å². The molecule has 0 spiro atoms. The van der Waals surface area contributed by atoms with Crippen LogP contribution in [0.5, 0.6) is 0 Å². The average molecular weight is 192 g/mol. The maximum Gasteiger partial charge on any atom is 0.148 e. The number of nitrogens with two attached hydrogens (primary N) is 1. The van der Waals surface area contributed by atoms with E-state index >= 15 is 0 Å². The molecule has 0 fully saturated rings. The summed E-state index contributed by atoms with van der Waals surface area (Å²) in [5.74, 6) is 0.931. The second-order valence-electron chi connectivity index (χ2n) is 3.45. The first-order valence-corrected chi connectivity index (χ1v) is 4.88. The smallest absolute Gasteiger partial charge is 0.148 e. The van der Waals surface area contributed by atoms with Crippen molar-refractivity contribution in [3.8, 4) is 6.07 Å². The summed E-state index contributed by atoms with van der Waals surface area (Å²) in [4.78, 5) is 0. The lowest BCUT2D eigenvalue weighted by molar-refractivity contribution is 0.615. The summed E-state index contributed by atoms with van der Waals surface area (Å²) in [6.45, 7) is 4.07. The van der Waals surface area contributed by atoms with Gasteiger partial charge in [0, 0.05) is 17.7 Å². The van der Waals surface area contributed by atoms with E-state index in [9.17, 15) is 0 Å². The summed E-state index contributed by atoms with van der Waals surface area (Å²) in [6.07, 6.45) is 2.42. The summed E-state index contributed by atoms with van der Waals surface area (Å²) < 4.78 is 0. The third-order valence-corrected chi connectivity index (χ3v) is 2.53. The first kappa shape index (κ1) is 10.6. The zero-order valence-electron chi connectivity index (χ0n) is 8.67. The number of rotatable bonds is 4. The van der Waals surface area contributed by atoms with Crippen LogP contribution in [-0.2, 0) is 0 Å². The molecule has 1 atom stereocenters. The van der Waals surface area contributed by atoms with Gasteiger partial charge in [-0.3, -0.25) is 5.10 Å². The molecule has 0 saturated carbocycles. The number of nitrogens with one attached hydrogen (secondary N) is 1. The van der Waals surface area contributed by atoms with Gasteiger partial charge in [0.05, 0.1) is 6.07 Å². The molecule has 0 amide bonds. The number of nitrogens with zero attached hydrogens (tertiary/aromatic N) is 2. The molecular formula is C10H16N4. The van der Waals surface area contributed by atoms with E-state index in [2.05, 4.69) is 23.2 Å². The van der Waals surface area contributed by atoms with Gasteiger partial charge in [-0.15, -0.1) is 0 Å². The van der Waals surface area contributed by atoms with Gasteiger partial charge in [-0.1, -0.05) is 6.92 Å². The lowest BCUT2D eigenvalue weighted by Crippen LogP contribution is -2.01. The van der Waals surface area contributed by atoms with Gasteiger partial charge in [0.1, 0.15) is 5.82 Å². The largest absolute Gasteiger partial charge is 0.382 e. The topological polar surface area (TPSA) is 78.5 Å². The lowest BCUT2D eigenvalue weighted by atomic mass is 9.92. The molecule has 0 radical (unpaired) electrons. The van der Waals surface area contributed by atoms with Gasteiger partial charge >= 0.3 is 0 Å². The Labute approximate surface area is 84.1 Å². The Hall–Kier alpha value is -1.50. The second-order valence-corrected chi connectivity index (χ2v) is 3.45. The molecule has 1 rings (SSSR count). The highest BCUT2D eigenvalue weighted by molar-refractivity contribution is 5.44. The molecule has 1 aromatic rings. The van der Waals surface area contributed by atoms with E-state index in [1.807, 2.05) is 6.92 Å². The van der Waals surface area contributed by atoms with E-state index in [4.69, 9.17) is 11.0 Å². The summed E-state index contributed by atoms with van der Waals surface area (Å²) in [5, 5.41) is 15.4. The summed E-state index contributed by atoms with van der Waals surface area (Å²) >= 11 is 0. The molecular weight excluding hydrogens is 176 g/mol. The van der Waals surface area contributed by atoms with E-state index in [0.717, 1.165) is 24.1 Å². The highest BCUT2D eigenvalue weighted by Gasteiger charge is 2.17. The third kappa shape index (κ3) is 2.05. The molecule has 0 aliphatic rings. The van der Waals surface area contributed by atoms with Crippen molar-refractivity contribution < 1.29 is 0 Å². The number of H-pyrrole nitrogens is 1. The van der Waals surface area contributed by atoms with Crippen molar-refractivity contribution in [2.24, 2.45) is 0 Å². The second kappa shape index (κ2) is 4.66. The number of nitriles is 1. The van der Waals surface area contributed by atoms with Gasteiger partial charge in [-0.2, -0.15) is 10.4 Å². The number of aromatic amines is 1. The lowest BCUT2D eigenvalue weighted by Gasteiger charge is -2.12. The molecule has 0 aliphatic heterocycles. The molecule has 3 N–H and O–H groups in total. The van der Waals surface area contributed by atoms with Gasteiger partial charge < -0.3 is 5.73 Å². The maximum atomic E-state index is 8.54. The van der Waals surface area contributed by atoms with E-state index < -0.39 is 0 Å². The fourth-order valence-electron chi connectivity index (χ4n) is 1.76. The van der Waals surface area contributed by atoms with Gasteiger partial charge in [-0.25, -0.2) is 0 Å². The number of hydrogen-bond acceptors (Lipinski definition) is 3. The standard InChI is InChI=1S/C10H16N4/c1-3-8(5-4-6-11)9-7(2)13-14-10(9)12/h8H,3-5H2,1-2H3,(H3,12,13,14). The molecule has 4 heteroatoms. The monoisotopic (exact) mass is 192 g/mol. The summed E-state index contributed by atoms with van der Waals surface area (Å²) in [6, 6.07) is 2.16. The van der Waals surface area contributed by atoms with Crippen LogP contribution in [0.25, 0.3) is 0 Å². The minimum Gasteiger partial charge on any atom is -0.382 e. The Morgan fingerprint density at radius 2 is 2.36 bits per heavy atom. The molecule has 76 valence electrons. The Morgan fingerprint density at radius 1 is 1.64 bits per heavy atom. The maximum absolute atomic E-state index is 8.54. The molecule has 14 heavy (non-hydrogen) atoms. The highest BCUT2D eigenvalue weighted by Crippen LogP contribution is 2.30. The number of aromatic nitrogens is 2. The molecule has 0 aliphatic carbocycles. The van der Waals surface area contributed by atoms with Crippen molar-refractivity contribution in [2.75, 3.05) is 5.73 Å². The van der Waals surface area contributed by atoms with Crippen molar-refractivity contribution in [3.05, 3.63) is 11.3 Å². The van der Waals surface area contributed by atoms with Crippen LogP contribution >= 0.6 is 0 Å². The van der Waals surface area contributed by atoms with Crippen molar-refractivity contribution in [2.45, 2.75) is 39.0 Å². The molecule has 0 aromatic carbocycles. The fourth-order valence-corrected chi connectivity index (χ4v) is 1.76. The van der Waals surface area contributed by atoms with Crippen molar-refractivity contribution in [3.63, 3.8) is 0 Å². The van der Waals surface area contributed by atoms with Crippen molar-refractivity contribution in [1.29, 1.82) is 5.26 Å². The van der Waals surface area contributed by atoms with E-state index in [1.54, 1.807) is 0 Å². The normalized spacial score (nSPS) is 12.4. The van der Waals surface area contributed by atoms with Crippen LogP contribution in [0.3, 0.4) is 0 Å². The molecule has 4 nitrogen and oxygen atoms in total. The Kier molecular flexibility index (Phi) is 3.52. The Balaban J connectivity index is 2.84. The van der Waals surface area contributed by atoms with Gasteiger partial charge in [0.25, 0.3) is 0 Å². The minimum absolute atomic E-state index is 0.355. The molecule has 1 aromatic heterocycles. The first-order chi connectivity index (χ1) is 6.70. The van der Waals surface area contributed by atoms with Crippen LogP contribution in [0.4, 0.5) is 5.82 Å². The summed E-state index contributed by atoms with van der Waals surface area (Å²) in [7, 11) is 0. The van der Waals surface area contributed by atoms with Crippen molar-refractivity contribution in [1.82, 2.24) is 10.2 Å². The Bertz CT molecular complexity index is 315. The van der Waals surface area contributed by atoms with Crippen LogP contribution in [-0.4, -0.2) is 10.2 Å². The quantitative estimate of drug-likeness (QED) is 0.766. The SMILES string of the molecule is CCC(CCC#N)c1c(N)n[nH]c1C. The minimum atomic E-state index is 0.355. The molecule has 0 saturated heterocycles. The third-order valence-electron chi connectivity index (χ3n) is 2.53. The first-order valence-electron chi connectivity index (χ1n) is 4.88. The molecule has 1 heterocycles. The van der Waals surface area contributed by atoms with Gasteiger partial charge in [-0.05, 0) is 25.7 Å². The number of hydrogen-bond donors (Lipinski definition) is 2. The van der Waals surface area contributed by atoms with Crippen LogP contribution < -0.4 is 5.73 Å². The highest BCUT2D eigenvalue weighted by atomic mass is 15.2. The Morgan fingerprint density at radius 3 is 2.79 bits per heavy atom. The van der Waals surface area contributed by atoms with Crippen LogP contribution in [0, 0.1) is 18.3 Å². The van der Waals surface area contributed by atoms with E-state index in [-0.39, 0.29) is 0 Å². The number of aryl methyl sites for hydroxylation is 1. The number of anilines is 1. The average Bonchev–Trinajstić information content (AvgIpc) is 2.50. The predicted molar refractivity (Wildman–Crippen MR) is 55.6 cm³/mol. The predicted octanol–water partition coefficient (Wildman–Crippen LogP) is 2.10. The van der Waals surface area contributed by atoms with Gasteiger partial charge in [0.2, 0.25) is 0 Å².